The molecule has 2 atom stereocenters. The molecule has 2 unspecified atom stereocenters. The van der Waals surface area contributed by atoms with Crippen LogP contribution in [0.15, 0.2) is 18.2 Å². The molecule has 0 radical (unpaired) electrons. The van der Waals surface area contributed by atoms with E-state index in [4.69, 9.17) is 5.73 Å². The van der Waals surface area contributed by atoms with Crippen molar-refractivity contribution in [3.63, 3.8) is 0 Å². The first-order valence-corrected chi connectivity index (χ1v) is 4.15. The maximum Gasteiger partial charge on any atom is 0.123 e. The Morgan fingerprint density at radius 2 is 2.31 bits per heavy atom. The van der Waals surface area contributed by atoms with Crippen molar-refractivity contribution in [3.05, 3.63) is 29.6 Å². The fourth-order valence-electron chi connectivity index (χ4n) is 1.52. The van der Waals surface area contributed by atoms with Crippen molar-refractivity contribution < 1.29 is 9.50 Å². The van der Waals surface area contributed by atoms with Gasteiger partial charge in [0.1, 0.15) is 5.82 Å². The molecule has 1 aliphatic rings. The minimum Gasteiger partial charge on any atom is -0.389 e. The second kappa shape index (κ2) is 2.97. The minimum atomic E-state index is -0.644. The fraction of sp³-hybridized carbons (Fsp3) is 0.333. The lowest BCUT2D eigenvalue weighted by atomic mass is 9.96. The Kier molecular flexibility index (Phi) is 1.94. The summed E-state index contributed by atoms with van der Waals surface area (Å²) in [6.45, 7) is 0.416. The molecule has 0 aromatic heterocycles. The third kappa shape index (κ3) is 1.38. The number of hydrogen-bond donors (Lipinski definition) is 3. The van der Waals surface area contributed by atoms with Crippen LogP contribution in [0.4, 0.5) is 10.1 Å². The number of hydrogen-bond acceptors (Lipinski definition) is 3. The number of aliphatic hydroxyl groups excluding tert-OH is 1. The molecule has 0 spiro atoms. The van der Waals surface area contributed by atoms with Crippen LogP contribution in [0, 0.1) is 5.82 Å². The van der Waals surface area contributed by atoms with Gasteiger partial charge in [0.25, 0.3) is 0 Å². The minimum absolute atomic E-state index is 0.329. The lowest BCUT2D eigenvalue weighted by Gasteiger charge is -2.28. The first kappa shape index (κ1) is 8.47. The summed E-state index contributed by atoms with van der Waals surface area (Å²) in [5.74, 6) is -0.329. The van der Waals surface area contributed by atoms with Gasteiger partial charge in [-0.3, -0.25) is 0 Å². The molecule has 0 saturated heterocycles. The topological polar surface area (TPSA) is 58.3 Å². The zero-order valence-corrected chi connectivity index (χ0v) is 7.00. The molecule has 0 amide bonds. The first-order chi connectivity index (χ1) is 6.18. The molecule has 3 nitrogen and oxygen atoms in total. The number of fused-ring (bicyclic) bond motifs is 1. The van der Waals surface area contributed by atoms with Crippen LogP contribution >= 0.6 is 0 Å². The zero-order valence-electron chi connectivity index (χ0n) is 7.00. The van der Waals surface area contributed by atoms with Crippen molar-refractivity contribution in [2.45, 2.75) is 12.1 Å². The van der Waals surface area contributed by atoms with Gasteiger partial charge >= 0.3 is 0 Å². The number of nitrogens with two attached hydrogens (primary N) is 1. The van der Waals surface area contributed by atoms with E-state index in [9.17, 15) is 9.50 Å². The molecule has 2 rings (SSSR count). The molecular weight excluding hydrogens is 171 g/mol. The summed E-state index contributed by atoms with van der Waals surface area (Å²) in [5, 5.41) is 12.4. The predicted octanol–water partition coefficient (Wildman–Crippen LogP) is 0.612. The third-order valence-electron chi connectivity index (χ3n) is 2.29. The first-order valence-electron chi connectivity index (χ1n) is 4.15. The molecule has 4 heteroatoms. The maximum atomic E-state index is 12.8. The molecular formula is C9H11FN2O. The van der Waals surface area contributed by atoms with Crippen LogP contribution in [-0.2, 0) is 0 Å². The molecule has 1 heterocycles. The Morgan fingerprint density at radius 1 is 1.54 bits per heavy atom. The highest BCUT2D eigenvalue weighted by Gasteiger charge is 2.24. The van der Waals surface area contributed by atoms with Crippen molar-refractivity contribution in [3.8, 4) is 0 Å². The smallest absolute Gasteiger partial charge is 0.123 e. The highest BCUT2D eigenvalue weighted by molar-refractivity contribution is 5.55. The summed E-state index contributed by atoms with van der Waals surface area (Å²) < 4.78 is 12.8. The van der Waals surface area contributed by atoms with E-state index < -0.39 is 12.1 Å². The van der Waals surface area contributed by atoms with E-state index >= 15 is 0 Å². The Balaban J connectivity index is 2.45. The standard InChI is InChI=1S/C9H11FN2O/c10-5-1-2-7-6(3-5)9(11)8(13)4-12-7/h1-3,8-9,12-13H,4,11H2. The normalized spacial score (nSPS) is 26.4. The highest BCUT2D eigenvalue weighted by Crippen LogP contribution is 2.28. The van der Waals surface area contributed by atoms with Crippen LogP contribution in [0.3, 0.4) is 0 Å². The van der Waals surface area contributed by atoms with Crippen LogP contribution < -0.4 is 11.1 Å². The molecule has 0 fully saturated rings. The third-order valence-corrected chi connectivity index (χ3v) is 2.29. The van der Waals surface area contributed by atoms with E-state index in [1.54, 1.807) is 6.07 Å². The number of halogens is 1. The quantitative estimate of drug-likeness (QED) is 0.551. The lowest BCUT2D eigenvalue weighted by molar-refractivity contribution is 0.153. The molecule has 0 aliphatic carbocycles. The van der Waals surface area contributed by atoms with Crippen LogP contribution in [0.5, 0.6) is 0 Å². The van der Waals surface area contributed by atoms with Gasteiger partial charge in [-0.2, -0.15) is 0 Å². The average molecular weight is 182 g/mol. The maximum absolute atomic E-state index is 12.8. The van der Waals surface area contributed by atoms with Gasteiger partial charge in [-0.25, -0.2) is 4.39 Å². The second-order valence-electron chi connectivity index (χ2n) is 3.21. The number of β-amino-alcohol motifs (C(OH)–C–C–N with tert-alkyl or cyclic N) is 1. The van der Waals surface area contributed by atoms with Crippen molar-refractivity contribution in [2.24, 2.45) is 5.73 Å². The number of benzene rings is 1. The van der Waals surface area contributed by atoms with Gasteiger partial charge in [0, 0.05) is 12.2 Å². The van der Waals surface area contributed by atoms with Crippen LogP contribution in [0.25, 0.3) is 0 Å². The zero-order chi connectivity index (χ0) is 9.42. The van der Waals surface area contributed by atoms with Gasteiger partial charge in [-0.1, -0.05) is 0 Å². The number of anilines is 1. The monoisotopic (exact) mass is 182 g/mol. The predicted molar refractivity (Wildman–Crippen MR) is 47.8 cm³/mol. The molecule has 1 aromatic rings. The highest BCUT2D eigenvalue weighted by atomic mass is 19.1. The Morgan fingerprint density at radius 3 is 3.08 bits per heavy atom. The van der Waals surface area contributed by atoms with Crippen molar-refractivity contribution >= 4 is 5.69 Å². The Labute approximate surface area is 75.4 Å². The molecule has 0 bridgehead atoms. The molecule has 0 saturated carbocycles. The van der Waals surface area contributed by atoms with Gasteiger partial charge in [-0.05, 0) is 23.8 Å². The summed E-state index contributed by atoms with van der Waals surface area (Å²) in [6, 6.07) is 3.87. The number of aliphatic hydroxyl groups is 1. The second-order valence-corrected chi connectivity index (χ2v) is 3.21. The number of rotatable bonds is 0. The van der Waals surface area contributed by atoms with E-state index in [2.05, 4.69) is 5.32 Å². The summed E-state index contributed by atoms with van der Waals surface area (Å²) in [4.78, 5) is 0. The summed E-state index contributed by atoms with van der Waals surface area (Å²) >= 11 is 0. The van der Waals surface area contributed by atoms with Crippen LogP contribution in [-0.4, -0.2) is 17.8 Å². The van der Waals surface area contributed by atoms with E-state index in [0.717, 1.165) is 5.69 Å². The summed E-state index contributed by atoms with van der Waals surface area (Å²) in [5.41, 5.74) is 7.14. The Bertz CT molecular complexity index is 329. The van der Waals surface area contributed by atoms with E-state index in [-0.39, 0.29) is 5.82 Å². The molecule has 1 aromatic carbocycles. The molecule has 13 heavy (non-hydrogen) atoms. The largest absolute Gasteiger partial charge is 0.389 e. The van der Waals surface area contributed by atoms with E-state index in [0.29, 0.717) is 12.1 Å². The van der Waals surface area contributed by atoms with Gasteiger partial charge < -0.3 is 16.2 Å². The van der Waals surface area contributed by atoms with E-state index in [1.165, 1.54) is 12.1 Å². The van der Waals surface area contributed by atoms with Crippen LogP contribution in [0.2, 0.25) is 0 Å². The van der Waals surface area contributed by atoms with Gasteiger partial charge in [0.15, 0.2) is 0 Å². The van der Waals surface area contributed by atoms with Crippen molar-refractivity contribution in [1.29, 1.82) is 0 Å². The van der Waals surface area contributed by atoms with Crippen LogP contribution in [0.1, 0.15) is 11.6 Å². The molecule has 4 N–H and O–H groups in total. The number of nitrogens with one attached hydrogen (secondary N) is 1. The average Bonchev–Trinajstić information content (AvgIpc) is 2.12. The van der Waals surface area contributed by atoms with Crippen molar-refractivity contribution in [2.75, 3.05) is 11.9 Å². The summed E-state index contributed by atoms with van der Waals surface area (Å²) in [6.07, 6.45) is -0.644. The molecule has 1 aliphatic heterocycles. The van der Waals surface area contributed by atoms with Crippen molar-refractivity contribution in [1.82, 2.24) is 0 Å². The Hall–Kier alpha value is -1.13. The van der Waals surface area contributed by atoms with Gasteiger partial charge in [-0.15, -0.1) is 0 Å². The lowest BCUT2D eigenvalue weighted by Crippen LogP contribution is -2.37. The fourth-order valence-corrected chi connectivity index (χ4v) is 1.52. The molecule has 70 valence electrons. The van der Waals surface area contributed by atoms with E-state index in [1.807, 2.05) is 0 Å². The van der Waals surface area contributed by atoms with Gasteiger partial charge in [0.2, 0.25) is 0 Å². The SMILES string of the molecule is NC1c2cc(F)ccc2NCC1O. The summed E-state index contributed by atoms with van der Waals surface area (Å²) in [7, 11) is 0. The van der Waals surface area contributed by atoms with Gasteiger partial charge in [0.05, 0.1) is 12.1 Å².